The van der Waals surface area contributed by atoms with E-state index in [1.807, 2.05) is 30.3 Å². The van der Waals surface area contributed by atoms with Crippen LogP contribution >= 0.6 is 11.6 Å². The summed E-state index contributed by atoms with van der Waals surface area (Å²) in [6, 6.07) is 20.7. The predicted molar refractivity (Wildman–Crippen MR) is 138 cm³/mol. The van der Waals surface area contributed by atoms with Gasteiger partial charge in [-0.25, -0.2) is 8.42 Å². The Morgan fingerprint density at radius 2 is 1.69 bits per heavy atom. The number of ether oxygens (including phenoxy) is 1. The molecule has 0 aromatic heterocycles. The minimum atomic E-state index is -3.86. The van der Waals surface area contributed by atoms with Gasteiger partial charge in [-0.1, -0.05) is 54.1 Å². The van der Waals surface area contributed by atoms with Crippen LogP contribution in [0.15, 0.2) is 72.8 Å². The van der Waals surface area contributed by atoms with Gasteiger partial charge >= 0.3 is 0 Å². The van der Waals surface area contributed by atoms with Crippen LogP contribution in [0.3, 0.4) is 0 Å². The number of carbonyl (C=O) groups excluding carboxylic acids is 2. The highest BCUT2D eigenvalue weighted by atomic mass is 35.5. The summed E-state index contributed by atoms with van der Waals surface area (Å²) in [6.07, 6.45) is 1.64. The first-order valence-electron chi connectivity index (χ1n) is 10.7. The summed E-state index contributed by atoms with van der Waals surface area (Å²) in [4.78, 5) is 25.6. The van der Waals surface area contributed by atoms with Gasteiger partial charge in [0, 0.05) is 11.6 Å². The SMILES string of the molecule is COc1ccc(Cl)cc1N(CC(=O)Nc1ccccc1C(=O)NCCc1ccccc1)S(C)(=O)=O. The van der Waals surface area contributed by atoms with E-state index in [1.165, 1.54) is 19.2 Å². The maximum Gasteiger partial charge on any atom is 0.253 e. The topological polar surface area (TPSA) is 105 Å². The maximum atomic E-state index is 12.9. The number of anilines is 2. The molecule has 2 N–H and O–H groups in total. The molecule has 0 aliphatic heterocycles. The molecule has 0 aliphatic rings. The minimum absolute atomic E-state index is 0.129. The number of sulfonamides is 1. The highest BCUT2D eigenvalue weighted by Crippen LogP contribution is 2.32. The number of hydrogen-bond acceptors (Lipinski definition) is 5. The molecule has 184 valence electrons. The van der Waals surface area contributed by atoms with E-state index in [0.29, 0.717) is 13.0 Å². The minimum Gasteiger partial charge on any atom is -0.495 e. The molecule has 0 fully saturated rings. The van der Waals surface area contributed by atoms with E-state index in [9.17, 15) is 18.0 Å². The van der Waals surface area contributed by atoms with Crippen molar-refractivity contribution >= 4 is 44.8 Å². The summed E-state index contributed by atoms with van der Waals surface area (Å²) < 4.78 is 31.1. The van der Waals surface area contributed by atoms with Crippen molar-refractivity contribution in [3.8, 4) is 5.75 Å². The molecular weight excluding hydrogens is 490 g/mol. The Bertz CT molecular complexity index is 1300. The average molecular weight is 516 g/mol. The number of nitrogens with zero attached hydrogens (tertiary/aromatic N) is 1. The fourth-order valence-corrected chi connectivity index (χ4v) is 4.43. The van der Waals surface area contributed by atoms with Crippen LogP contribution in [0.4, 0.5) is 11.4 Å². The highest BCUT2D eigenvalue weighted by molar-refractivity contribution is 7.92. The molecule has 0 aliphatic carbocycles. The summed E-state index contributed by atoms with van der Waals surface area (Å²) in [6.45, 7) is -0.124. The fourth-order valence-electron chi connectivity index (χ4n) is 3.41. The second kappa shape index (κ2) is 11.7. The summed E-state index contributed by atoms with van der Waals surface area (Å²) in [5.41, 5.74) is 1.75. The monoisotopic (exact) mass is 515 g/mol. The number of amides is 2. The second-order valence-electron chi connectivity index (χ2n) is 7.67. The van der Waals surface area contributed by atoms with Crippen LogP contribution in [0.1, 0.15) is 15.9 Å². The van der Waals surface area contributed by atoms with Crippen molar-refractivity contribution in [3.63, 3.8) is 0 Å². The van der Waals surface area contributed by atoms with Gasteiger partial charge in [0.25, 0.3) is 5.91 Å². The third-order valence-corrected chi connectivity index (χ3v) is 6.45. The molecular formula is C25H26ClN3O5S. The molecule has 2 amide bonds. The van der Waals surface area contributed by atoms with Crippen molar-refractivity contribution in [2.24, 2.45) is 0 Å². The lowest BCUT2D eigenvalue weighted by Gasteiger charge is -2.24. The number of hydrogen-bond donors (Lipinski definition) is 2. The number of carbonyl (C=O) groups is 2. The van der Waals surface area contributed by atoms with Crippen molar-refractivity contribution in [3.05, 3.63) is 88.9 Å². The molecule has 0 radical (unpaired) electrons. The first kappa shape index (κ1) is 26.1. The van der Waals surface area contributed by atoms with Crippen molar-refractivity contribution in [1.82, 2.24) is 5.32 Å². The molecule has 3 rings (SSSR count). The van der Waals surface area contributed by atoms with E-state index in [2.05, 4.69) is 10.6 Å². The van der Waals surface area contributed by atoms with Crippen LogP contribution in [-0.4, -0.2) is 46.7 Å². The van der Waals surface area contributed by atoms with E-state index in [4.69, 9.17) is 16.3 Å². The molecule has 0 atom stereocenters. The smallest absolute Gasteiger partial charge is 0.253 e. The standard InChI is InChI=1S/C25H26ClN3O5S/c1-34-23-13-12-19(26)16-22(23)29(35(2,32)33)17-24(30)28-21-11-7-6-10-20(21)25(31)27-15-14-18-8-4-3-5-9-18/h3-13,16H,14-15,17H2,1-2H3,(H,27,31)(H,28,30). The zero-order valence-corrected chi connectivity index (χ0v) is 20.9. The Hall–Kier alpha value is -3.56. The number of nitrogens with one attached hydrogen (secondary N) is 2. The van der Waals surface area contributed by atoms with Gasteiger partial charge in [0.2, 0.25) is 15.9 Å². The Kier molecular flexibility index (Phi) is 8.73. The van der Waals surface area contributed by atoms with E-state index in [1.54, 1.807) is 30.3 Å². The average Bonchev–Trinajstić information content (AvgIpc) is 2.83. The first-order chi connectivity index (χ1) is 16.7. The van der Waals surface area contributed by atoms with E-state index >= 15 is 0 Å². The quantitative estimate of drug-likeness (QED) is 0.428. The van der Waals surface area contributed by atoms with Gasteiger partial charge in [-0.15, -0.1) is 0 Å². The molecule has 0 spiro atoms. The van der Waals surface area contributed by atoms with Gasteiger partial charge < -0.3 is 15.4 Å². The van der Waals surface area contributed by atoms with E-state index < -0.39 is 22.5 Å². The lowest BCUT2D eigenvalue weighted by Crippen LogP contribution is -2.38. The van der Waals surface area contributed by atoms with Gasteiger partial charge in [0.15, 0.2) is 0 Å². The third kappa shape index (κ3) is 7.21. The van der Waals surface area contributed by atoms with Crippen molar-refractivity contribution in [2.45, 2.75) is 6.42 Å². The highest BCUT2D eigenvalue weighted by Gasteiger charge is 2.25. The van der Waals surface area contributed by atoms with Gasteiger partial charge in [0.1, 0.15) is 12.3 Å². The largest absolute Gasteiger partial charge is 0.495 e. The molecule has 0 heterocycles. The van der Waals surface area contributed by atoms with Gasteiger partial charge in [-0.2, -0.15) is 0 Å². The molecule has 3 aromatic rings. The Morgan fingerprint density at radius 1 is 1.00 bits per heavy atom. The number of methoxy groups -OCH3 is 1. The Morgan fingerprint density at radius 3 is 2.37 bits per heavy atom. The summed E-state index contributed by atoms with van der Waals surface area (Å²) >= 11 is 6.05. The lowest BCUT2D eigenvalue weighted by atomic mass is 10.1. The van der Waals surface area contributed by atoms with Crippen LogP contribution in [0.2, 0.25) is 5.02 Å². The third-order valence-electron chi connectivity index (χ3n) is 5.08. The Labute approximate surface area is 209 Å². The molecule has 0 saturated carbocycles. The summed E-state index contributed by atoms with van der Waals surface area (Å²) in [5.74, 6) is -0.749. The van der Waals surface area contributed by atoms with E-state index in [-0.39, 0.29) is 33.6 Å². The number of para-hydroxylation sites is 1. The first-order valence-corrected chi connectivity index (χ1v) is 12.9. The maximum absolute atomic E-state index is 12.9. The molecule has 3 aromatic carbocycles. The van der Waals surface area contributed by atoms with Crippen LogP contribution < -0.4 is 19.7 Å². The molecule has 0 saturated heterocycles. The normalized spacial score (nSPS) is 10.9. The van der Waals surface area contributed by atoms with Crippen molar-refractivity contribution < 1.29 is 22.7 Å². The predicted octanol–water partition coefficient (Wildman–Crippen LogP) is 3.73. The zero-order valence-electron chi connectivity index (χ0n) is 19.3. The van der Waals surface area contributed by atoms with Crippen LogP contribution in [0.25, 0.3) is 0 Å². The number of rotatable bonds is 10. The van der Waals surface area contributed by atoms with Crippen LogP contribution in [0.5, 0.6) is 5.75 Å². The molecule has 35 heavy (non-hydrogen) atoms. The summed E-state index contributed by atoms with van der Waals surface area (Å²) in [5, 5.41) is 5.77. The summed E-state index contributed by atoms with van der Waals surface area (Å²) in [7, 11) is -2.48. The van der Waals surface area contributed by atoms with Crippen LogP contribution in [0, 0.1) is 0 Å². The molecule has 8 nitrogen and oxygen atoms in total. The van der Waals surface area contributed by atoms with Crippen LogP contribution in [-0.2, 0) is 21.2 Å². The lowest BCUT2D eigenvalue weighted by molar-refractivity contribution is -0.114. The van der Waals surface area contributed by atoms with Crippen molar-refractivity contribution in [1.29, 1.82) is 0 Å². The van der Waals surface area contributed by atoms with Gasteiger partial charge in [0.05, 0.1) is 30.3 Å². The molecule has 0 bridgehead atoms. The van der Waals surface area contributed by atoms with E-state index in [0.717, 1.165) is 16.1 Å². The van der Waals surface area contributed by atoms with Gasteiger partial charge in [-0.05, 0) is 42.3 Å². The number of benzene rings is 3. The molecule has 10 heteroatoms. The van der Waals surface area contributed by atoms with Crippen molar-refractivity contribution in [2.75, 3.05) is 36.1 Å². The molecule has 0 unspecified atom stereocenters. The zero-order chi connectivity index (χ0) is 25.4. The van der Waals surface area contributed by atoms with Gasteiger partial charge in [-0.3, -0.25) is 13.9 Å². The fraction of sp³-hybridized carbons (Fsp3) is 0.200. The number of halogens is 1. The second-order valence-corrected chi connectivity index (χ2v) is 10.0. The Balaban J connectivity index is 1.73.